The number of thioether (sulfide) groups is 1. The van der Waals surface area contributed by atoms with E-state index in [0.29, 0.717) is 22.8 Å². The van der Waals surface area contributed by atoms with Crippen molar-refractivity contribution in [1.29, 1.82) is 0 Å². The van der Waals surface area contributed by atoms with Crippen LogP contribution in [-0.2, 0) is 4.79 Å². The first kappa shape index (κ1) is 17.7. The molecule has 1 N–H and O–H groups in total. The van der Waals surface area contributed by atoms with Crippen molar-refractivity contribution in [2.24, 2.45) is 0 Å². The van der Waals surface area contributed by atoms with E-state index >= 15 is 0 Å². The summed E-state index contributed by atoms with van der Waals surface area (Å²) < 4.78 is 43.0. The van der Waals surface area contributed by atoms with Gasteiger partial charge in [-0.25, -0.2) is 17.9 Å². The lowest BCUT2D eigenvalue weighted by molar-refractivity contribution is -0.113. The highest BCUT2D eigenvalue weighted by molar-refractivity contribution is 8.00. The summed E-state index contributed by atoms with van der Waals surface area (Å²) in [6.07, 6.45) is 0. The molecule has 2 aromatic carbocycles. The molecule has 0 saturated carbocycles. The van der Waals surface area contributed by atoms with Crippen LogP contribution in [0, 0.1) is 24.4 Å². The fourth-order valence-electron chi connectivity index (χ4n) is 3.12. The molecule has 0 aliphatic carbocycles. The Labute approximate surface area is 157 Å². The van der Waals surface area contributed by atoms with Crippen LogP contribution in [0.1, 0.15) is 22.1 Å². The maximum atomic E-state index is 14.5. The van der Waals surface area contributed by atoms with Crippen LogP contribution < -0.4 is 5.32 Å². The molecule has 1 atom stereocenters. The molecule has 0 radical (unpaired) electrons. The molecule has 0 fully saturated rings. The van der Waals surface area contributed by atoms with Crippen molar-refractivity contribution in [3.05, 3.63) is 76.7 Å². The molecular formula is C19H14F3N3OS. The Morgan fingerprint density at radius 3 is 2.63 bits per heavy atom. The Balaban J connectivity index is 1.91. The molecule has 27 heavy (non-hydrogen) atoms. The smallest absolute Gasteiger partial charge is 0.235 e. The van der Waals surface area contributed by atoms with Gasteiger partial charge in [-0.05, 0) is 37.3 Å². The second-order valence-corrected chi connectivity index (χ2v) is 7.21. The summed E-state index contributed by atoms with van der Waals surface area (Å²) in [4.78, 5) is 12.2. The molecule has 0 spiro atoms. The topological polar surface area (TPSA) is 46.9 Å². The Morgan fingerprint density at radius 1 is 1.15 bits per heavy atom. The van der Waals surface area contributed by atoms with Gasteiger partial charge in [0, 0.05) is 11.1 Å². The molecule has 0 saturated heterocycles. The molecule has 1 aliphatic heterocycles. The number of carbonyl (C=O) groups is 1. The fraction of sp³-hybridized carbons (Fsp3) is 0.158. The van der Waals surface area contributed by atoms with Gasteiger partial charge in [0.05, 0.1) is 22.4 Å². The van der Waals surface area contributed by atoms with Crippen LogP contribution >= 0.6 is 11.8 Å². The van der Waals surface area contributed by atoms with E-state index in [9.17, 15) is 18.0 Å². The zero-order chi connectivity index (χ0) is 19.1. The third-order valence-electron chi connectivity index (χ3n) is 4.34. The minimum atomic E-state index is -0.943. The largest absolute Gasteiger partial charge is 0.310 e. The third kappa shape index (κ3) is 3.10. The normalized spacial score (nSPS) is 16.6. The number of aromatic nitrogens is 2. The van der Waals surface area contributed by atoms with Gasteiger partial charge in [0.25, 0.3) is 0 Å². The summed E-state index contributed by atoms with van der Waals surface area (Å²) in [5.41, 5.74) is 1.86. The van der Waals surface area contributed by atoms with Gasteiger partial charge >= 0.3 is 0 Å². The first-order chi connectivity index (χ1) is 13.0. The lowest BCUT2D eigenvalue weighted by Crippen LogP contribution is -2.15. The molecule has 2 heterocycles. The number of rotatable bonds is 2. The van der Waals surface area contributed by atoms with Crippen molar-refractivity contribution in [3.8, 4) is 5.69 Å². The number of amides is 1. The molecule has 138 valence electrons. The number of halogens is 3. The van der Waals surface area contributed by atoms with Gasteiger partial charge in [0.1, 0.15) is 11.6 Å². The first-order valence-electron chi connectivity index (χ1n) is 8.16. The summed E-state index contributed by atoms with van der Waals surface area (Å²) in [5, 5.41) is 6.63. The maximum absolute atomic E-state index is 14.5. The highest BCUT2D eigenvalue weighted by Gasteiger charge is 2.32. The van der Waals surface area contributed by atoms with Gasteiger partial charge in [-0.15, -0.1) is 11.8 Å². The lowest BCUT2D eigenvalue weighted by atomic mass is 10.0. The molecule has 4 nitrogen and oxygen atoms in total. The van der Waals surface area contributed by atoms with Gasteiger partial charge < -0.3 is 5.32 Å². The fourth-order valence-corrected chi connectivity index (χ4v) is 4.32. The molecule has 3 aromatic rings. The van der Waals surface area contributed by atoms with Gasteiger partial charge in [-0.2, -0.15) is 5.10 Å². The number of aryl methyl sites for hydroxylation is 1. The average molecular weight is 389 g/mol. The first-order valence-corrected chi connectivity index (χ1v) is 9.21. The van der Waals surface area contributed by atoms with Gasteiger partial charge in [0.2, 0.25) is 5.91 Å². The molecular weight excluding hydrogens is 375 g/mol. The van der Waals surface area contributed by atoms with Crippen molar-refractivity contribution < 1.29 is 18.0 Å². The van der Waals surface area contributed by atoms with Crippen LogP contribution in [0.4, 0.5) is 19.0 Å². The molecule has 1 aliphatic rings. The van der Waals surface area contributed by atoms with E-state index in [1.54, 1.807) is 6.92 Å². The summed E-state index contributed by atoms with van der Waals surface area (Å²) in [5.74, 6) is -2.09. The average Bonchev–Trinajstić information content (AvgIpc) is 2.84. The van der Waals surface area contributed by atoms with Crippen LogP contribution in [0.2, 0.25) is 0 Å². The van der Waals surface area contributed by atoms with E-state index in [1.807, 2.05) is 0 Å². The molecule has 1 amide bonds. The Bertz CT molecular complexity index is 1030. The SMILES string of the molecule is Cc1nn(-c2ccc(F)cc2)c2c1[C@H](c1cccc(F)c1F)SCC(=O)N2. The van der Waals surface area contributed by atoms with Crippen molar-refractivity contribution in [1.82, 2.24) is 9.78 Å². The Morgan fingerprint density at radius 2 is 1.89 bits per heavy atom. The number of nitrogens with one attached hydrogen (secondary N) is 1. The lowest BCUT2D eigenvalue weighted by Gasteiger charge is -2.16. The van der Waals surface area contributed by atoms with Crippen molar-refractivity contribution in [2.75, 3.05) is 11.1 Å². The van der Waals surface area contributed by atoms with Crippen molar-refractivity contribution >= 4 is 23.5 Å². The minimum Gasteiger partial charge on any atom is -0.310 e. The molecule has 4 rings (SSSR count). The van der Waals surface area contributed by atoms with E-state index in [2.05, 4.69) is 10.4 Å². The number of hydrogen-bond acceptors (Lipinski definition) is 3. The van der Waals surface area contributed by atoms with Crippen LogP contribution in [0.25, 0.3) is 5.69 Å². The molecule has 1 aromatic heterocycles. The van der Waals surface area contributed by atoms with E-state index in [-0.39, 0.29) is 17.2 Å². The zero-order valence-corrected chi connectivity index (χ0v) is 15.0. The highest BCUT2D eigenvalue weighted by atomic mass is 32.2. The number of nitrogens with zero attached hydrogens (tertiary/aromatic N) is 2. The van der Waals surface area contributed by atoms with E-state index in [0.717, 1.165) is 6.07 Å². The van der Waals surface area contributed by atoms with Gasteiger partial charge in [-0.1, -0.05) is 12.1 Å². The Kier molecular flexibility index (Phi) is 4.43. The number of benzene rings is 2. The summed E-state index contributed by atoms with van der Waals surface area (Å²) in [6, 6.07) is 9.64. The van der Waals surface area contributed by atoms with Crippen LogP contribution in [-0.4, -0.2) is 21.4 Å². The number of hydrogen-bond donors (Lipinski definition) is 1. The molecule has 0 unspecified atom stereocenters. The van der Waals surface area contributed by atoms with Crippen LogP contribution in [0.15, 0.2) is 42.5 Å². The predicted molar refractivity (Wildman–Crippen MR) is 97.5 cm³/mol. The quantitative estimate of drug-likeness (QED) is 0.708. The van der Waals surface area contributed by atoms with Crippen LogP contribution in [0.5, 0.6) is 0 Å². The second kappa shape index (κ2) is 6.77. The second-order valence-electron chi connectivity index (χ2n) is 6.12. The van der Waals surface area contributed by atoms with E-state index < -0.39 is 22.7 Å². The standard InChI is InChI=1S/C19H14F3N3OS/c1-10-16-18(13-3-2-4-14(21)17(13)22)27-9-15(26)23-19(16)25(24-10)12-7-5-11(20)6-8-12/h2-8,18H,9H2,1H3,(H,23,26)/t18-/m0/s1. The van der Waals surface area contributed by atoms with E-state index in [4.69, 9.17) is 0 Å². The summed E-state index contributed by atoms with van der Waals surface area (Å²) in [6.45, 7) is 1.74. The van der Waals surface area contributed by atoms with Crippen molar-refractivity contribution in [2.45, 2.75) is 12.2 Å². The zero-order valence-electron chi connectivity index (χ0n) is 14.2. The molecule has 0 bridgehead atoms. The predicted octanol–water partition coefficient (Wildman–Crippen LogP) is 4.37. The Hall–Kier alpha value is -2.74. The third-order valence-corrected chi connectivity index (χ3v) is 5.59. The maximum Gasteiger partial charge on any atom is 0.235 e. The number of anilines is 1. The minimum absolute atomic E-state index is 0.0815. The molecule has 8 heteroatoms. The number of fused-ring (bicyclic) bond motifs is 1. The van der Waals surface area contributed by atoms with Crippen molar-refractivity contribution in [3.63, 3.8) is 0 Å². The monoisotopic (exact) mass is 389 g/mol. The summed E-state index contributed by atoms with van der Waals surface area (Å²) in [7, 11) is 0. The van der Waals surface area contributed by atoms with Gasteiger partial charge in [-0.3, -0.25) is 4.79 Å². The van der Waals surface area contributed by atoms with Gasteiger partial charge in [0.15, 0.2) is 11.6 Å². The van der Waals surface area contributed by atoms with Crippen LogP contribution in [0.3, 0.4) is 0 Å². The highest BCUT2D eigenvalue weighted by Crippen LogP contribution is 2.44. The summed E-state index contributed by atoms with van der Waals surface area (Å²) >= 11 is 1.20. The number of carbonyl (C=O) groups excluding carboxylic acids is 1. The van der Waals surface area contributed by atoms with E-state index in [1.165, 1.54) is 52.8 Å².